The van der Waals surface area contributed by atoms with E-state index < -0.39 is 95.5 Å². The second kappa shape index (κ2) is 25.6. The Morgan fingerprint density at radius 3 is 1.90 bits per heavy atom. The molecule has 0 saturated carbocycles. The number of aliphatic carboxylic acids is 1. The number of amides is 6. The van der Waals surface area contributed by atoms with Crippen molar-refractivity contribution < 1.29 is 48.9 Å². The van der Waals surface area contributed by atoms with Gasteiger partial charge >= 0.3 is 5.97 Å². The number of rotatable bonds is 25. The Bertz CT molecular complexity index is 2200. The fourth-order valence-electron chi connectivity index (χ4n) is 7.66. The fraction of sp³-hybridized carbons (Fsp3) is 0.500. The summed E-state index contributed by atoms with van der Waals surface area (Å²) in [7, 11) is 0. The maximum absolute atomic E-state index is 14.5. The van der Waals surface area contributed by atoms with Gasteiger partial charge < -0.3 is 69.0 Å². The first-order chi connectivity index (χ1) is 32.3. The minimum absolute atomic E-state index is 0.00619. The summed E-state index contributed by atoms with van der Waals surface area (Å²) in [5.41, 5.74) is 18.4. The first-order valence-corrected chi connectivity index (χ1v) is 22.7. The van der Waals surface area contributed by atoms with Crippen LogP contribution in [0.4, 0.5) is 0 Å². The molecule has 8 atom stereocenters. The lowest BCUT2D eigenvalue weighted by Gasteiger charge is -2.32. The van der Waals surface area contributed by atoms with Gasteiger partial charge in [-0.25, -0.2) is 9.78 Å². The third kappa shape index (κ3) is 16.0. The number of phenolic OH excluding ortho intramolecular Hbond substituents is 2. The number of aliphatic imine (C=N–C) groups is 1. The predicted octanol–water partition coefficient (Wildman–Crippen LogP) is -0.569. The number of nitrogens with one attached hydrogen (secondary N) is 6. The molecule has 1 aliphatic rings. The zero-order chi connectivity index (χ0) is 50.1. The number of nitrogens with two attached hydrogens (primary N) is 3. The lowest BCUT2D eigenvalue weighted by molar-refractivity contribution is -0.145. The van der Waals surface area contributed by atoms with Crippen LogP contribution >= 0.6 is 0 Å². The average molecular weight is 947 g/mol. The van der Waals surface area contributed by atoms with Crippen LogP contribution in [0.5, 0.6) is 11.5 Å². The minimum Gasteiger partial charge on any atom is -0.508 e. The Labute approximate surface area is 394 Å². The van der Waals surface area contributed by atoms with Crippen LogP contribution < -0.4 is 43.8 Å². The van der Waals surface area contributed by atoms with Crippen LogP contribution in [-0.4, -0.2) is 133 Å². The number of likely N-dealkylation sites (tertiary alicyclic amines) is 1. The normalized spacial score (nSPS) is 16.5. The molecule has 0 radical (unpaired) electrons. The maximum Gasteiger partial charge on any atom is 0.326 e. The topological polar surface area (TPSA) is 363 Å². The van der Waals surface area contributed by atoms with Crippen molar-refractivity contribution in [3.8, 4) is 11.5 Å². The maximum atomic E-state index is 14.5. The van der Waals surface area contributed by atoms with Crippen molar-refractivity contribution in [3.05, 3.63) is 77.9 Å². The SMILES string of the molecule is CCC(C)C(NC(=O)C(Cc1ccc(O)cc1)NC(=O)C(NC(=O)C(N)CCCN=C(N)N)C(C)C)C(=O)NC(Cc1cnc[nH]1)C(=O)N1CCCC1C(=O)NC(Cc1ccc(O)cc1)C(=O)O. The number of H-pyrrole nitrogens is 1. The van der Waals surface area contributed by atoms with Gasteiger partial charge in [0.25, 0.3) is 0 Å². The number of carboxylic acids is 1. The molecule has 22 nitrogen and oxygen atoms in total. The van der Waals surface area contributed by atoms with Crippen LogP contribution in [0.15, 0.2) is 66.0 Å². The molecular formula is C46H66N12O10. The van der Waals surface area contributed by atoms with Crippen LogP contribution in [0.2, 0.25) is 0 Å². The van der Waals surface area contributed by atoms with Crippen molar-refractivity contribution in [2.45, 2.75) is 121 Å². The number of aromatic nitrogens is 2. The monoisotopic (exact) mass is 947 g/mol. The summed E-state index contributed by atoms with van der Waals surface area (Å²) in [4.78, 5) is 109. The van der Waals surface area contributed by atoms with Crippen LogP contribution in [0.3, 0.4) is 0 Å². The second-order valence-electron chi connectivity index (χ2n) is 17.4. The number of hydrogen-bond acceptors (Lipinski definition) is 12. The molecule has 6 amide bonds. The van der Waals surface area contributed by atoms with E-state index in [4.69, 9.17) is 17.2 Å². The van der Waals surface area contributed by atoms with E-state index in [0.717, 1.165) is 0 Å². The Morgan fingerprint density at radius 2 is 1.35 bits per heavy atom. The molecule has 0 aliphatic carbocycles. The van der Waals surface area contributed by atoms with E-state index in [-0.39, 0.29) is 62.7 Å². The van der Waals surface area contributed by atoms with E-state index in [2.05, 4.69) is 41.5 Å². The van der Waals surface area contributed by atoms with Gasteiger partial charge in [-0.1, -0.05) is 58.4 Å². The molecule has 1 aromatic heterocycles. The van der Waals surface area contributed by atoms with Crippen LogP contribution in [0, 0.1) is 11.8 Å². The number of guanidine groups is 1. The molecule has 3 aromatic rings. The lowest BCUT2D eigenvalue weighted by atomic mass is 9.96. The Hall–Kier alpha value is -7.23. The number of carboxylic acid groups (broad SMARTS) is 1. The van der Waals surface area contributed by atoms with Gasteiger partial charge in [-0.3, -0.25) is 33.8 Å². The molecule has 1 aliphatic heterocycles. The number of imidazole rings is 1. The number of phenols is 2. The predicted molar refractivity (Wildman–Crippen MR) is 250 cm³/mol. The van der Waals surface area contributed by atoms with E-state index in [1.165, 1.54) is 53.8 Å². The molecule has 1 saturated heterocycles. The molecule has 1 fully saturated rings. The van der Waals surface area contributed by atoms with Gasteiger partial charge in [-0.2, -0.15) is 0 Å². The number of nitrogens with zero attached hydrogens (tertiary/aromatic N) is 3. The summed E-state index contributed by atoms with van der Waals surface area (Å²) in [5.74, 6) is -6.53. The first-order valence-electron chi connectivity index (χ1n) is 22.7. The largest absolute Gasteiger partial charge is 0.508 e. The Balaban J connectivity index is 1.55. The number of aromatic amines is 1. The average Bonchev–Trinajstić information content (AvgIpc) is 4.02. The van der Waals surface area contributed by atoms with Gasteiger partial charge in [0.05, 0.1) is 12.4 Å². The highest BCUT2D eigenvalue weighted by Crippen LogP contribution is 2.21. The first kappa shape index (κ1) is 53.4. The van der Waals surface area contributed by atoms with Gasteiger partial charge in [0.15, 0.2) is 5.96 Å². The van der Waals surface area contributed by atoms with Gasteiger partial charge in [0, 0.05) is 44.2 Å². The molecule has 0 spiro atoms. The molecule has 0 bridgehead atoms. The molecule has 4 rings (SSSR count). The summed E-state index contributed by atoms with van der Waals surface area (Å²) in [5, 5.41) is 43.1. The molecule has 15 N–H and O–H groups in total. The van der Waals surface area contributed by atoms with Gasteiger partial charge in [-0.15, -0.1) is 0 Å². The van der Waals surface area contributed by atoms with E-state index in [9.17, 15) is 48.9 Å². The summed E-state index contributed by atoms with van der Waals surface area (Å²) in [6.45, 7) is 7.33. The van der Waals surface area contributed by atoms with Crippen molar-refractivity contribution in [1.29, 1.82) is 0 Å². The molecule has 370 valence electrons. The smallest absolute Gasteiger partial charge is 0.326 e. The molecule has 2 aromatic carbocycles. The number of carbonyl (C=O) groups excluding carboxylic acids is 6. The van der Waals surface area contributed by atoms with Crippen molar-refractivity contribution in [1.82, 2.24) is 41.5 Å². The highest BCUT2D eigenvalue weighted by Gasteiger charge is 2.41. The number of aromatic hydroxyl groups is 2. The summed E-state index contributed by atoms with van der Waals surface area (Å²) in [6.07, 6.45) is 4.26. The van der Waals surface area contributed by atoms with E-state index in [0.29, 0.717) is 36.1 Å². The molecule has 8 unspecified atom stereocenters. The van der Waals surface area contributed by atoms with E-state index >= 15 is 0 Å². The highest BCUT2D eigenvalue weighted by molar-refractivity contribution is 5.97. The quantitative estimate of drug-likeness (QED) is 0.0288. The number of carbonyl (C=O) groups is 7. The molecule has 2 heterocycles. The zero-order valence-corrected chi connectivity index (χ0v) is 38.8. The molecule has 68 heavy (non-hydrogen) atoms. The van der Waals surface area contributed by atoms with Crippen LogP contribution in [-0.2, 0) is 52.8 Å². The van der Waals surface area contributed by atoms with Crippen LogP contribution in [0.1, 0.15) is 76.6 Å². The zero-order valence-electron chi connectivity index (χ0n) is 38.8. The summed E-state index contributed by atoms with van der Waals surface area (Å²) >= 11 is 0. The lowest BCUT2D eigenvalue weighted by Crippen LogP contribution is -2.61. The summed E-state index contributed by atoms with van der Waals surface area (Å²) in [6, 6.07) is 3.47. The molecule has 22 heteroatoms. The number of benzene rings is 2. The van der Waals surface area contributed by atoms with Gasteiger partial charge in [0.1, 0.15) is 47.8 Å². The van der Waals surface area contributed by atoms with Crippen molar-refractivity contribution in [2.24, 2.45) is 34.0 Å². The molecular weight excluding hydrogens is 881 g/mol. The van der Waals surface area contributed by atoms with Crippen molar-refractivity contribution in [2.75, 3.05) is 13.1 Å². The standard InChI is InChI=1S/C46H66N12O10/c1-5-26(4)38(57-40(62)33(20-27-10-14-30(59)15-11-27)53-42(64)37(25(2)3)56-39(61)32(47)8-6-18-51-46(48)49)43(65)54-34(22-29-23-50-24-52-29)44(66)58-19-7-9-36(58)41(63)55-35(45(67)68)21-28-12-16-31(60)17-13-28/h10-17,23-26,32-38,59-60H,5-9,18-22,47H2,1-4H3,(H,50,52)(H,53,64)(H,54,65)(H,55,63)(H,56,61)(H,57,62)(H,67,68)(H4,48,49,51). The Morgan fingerprint density at radius 1 is 0.779 bits per heavy atom. The van der Waals surface area contributed by atoms with Crippen LogP contribution in [0.25, 0.3) is 0 Å². The van der Waals surface area contributed by atoms with Crippen molar-refractivity contribution in [3.63, 3.8) is 0 Å². The minimum atomic E-state index is -1.35. The van der Waals surface area contributed by atoms with E-state index in [1.54, 1.807) is 39.8 Å². The second-order valence-corrected chi connectivity index (χ2v) is 17.4. The third-order valence-corrected chi connectivity index (χ3v) is 11.8. The van der Waals surface area contributed by atoms with Crippen molar-refractivity contribution >= 4 is 47.4 Å². The van der Waals surface area contributed by atoms with Gasteiger partial charge in [0.2, 0.25) is 35.4 Å². The number of hydrogen-bond donors (Lipinski definition) is 12. The van der Waals surface area contributed by atoms with Gasteiger partial charge in [-0.05, 0) is 72.9 Å². The summed E-state index contributed by atoms with van der Waals surface area (Å²) < 4.78 is 0. The van der Waals surface area contributed by atoms with E-state index in [1.807, 2.05) is 0 Å². The highest BCUT2D eigenvalue weighted by atomic mass is 16.4. The Kier molecular flexibility index (Phi) is 20.1. The fourth-order valence-corrected chi connectivity index (χ4v) is 7.66. The third-order valence-electron chi connectivity index (χ3n) is 11.8.